The van der Waals surface area contributed by atoms with Crippen molar-refractivity contribution in [2.45, 2.75) is 0 Å². The molecule has 0 heterocycles. The second-order valence-corrected chi connectivity index (χ2v) is 3.88. The van der Waals surface area contributed by atoms with Crippen molar-refractivity contribution in [2.75, 3.05) is 0 Å². The molecule has 0 saturated heterocycles. The summed E-state index contributed by atoms with van der Waals surface area (Å²) in [5.41, 5.74) is 2.34. The van der Waals surface area contributed by atoms with E-state index in [-0.39, 0.29) is 0 Å². The van der Waals surface area contributed by atoms with Crippen molar-refractivity contribution in [1.82, 2.24) is 0 Å². The average molecular weight is 240 g/mol. The molecule has 0 bridgehead atoms. The monoisotopic (exact) mass is 239 g/mol. The average Bonchev–Trinajstić information content (AvgIpc) is 2.38. The van der Waals surface area contributed by atoms with Crippen LogP contribution in [0.25, 0.3) is 0 Å². The molecule has 0 aliphatic heterocycles. The van der Waals surface area contributed by atoms with Crippen molar-refractivity contribution < 1.29 is 0 Å². The van der Waals surface area contributed by atoms with E-state index in [9.17, 15) is 0 Å². The van der Waals surface area contributed by atoms with Crippen LogP contribution in [-0.2, 0) is 0 Å². The summed E-state index contributed by atoms with van der Waals surface area (Å²) >= 11 is 5.83. The van der Waals surface area contributed by atoms with E-state index in [4.69, 9.17) is 18.0 Å². The van der Waals surface area contributed by atoms with E-state index < -0.39 is 0 Å². The Balaban J connectivity index is 2.38. The Labute approximate surface area is 106 Å². The summed E-state index contributed by atoms with van der Waals surface area (Å²) in [5, 5.41) is 0.685. The molecule has 82 valence electrons. The van der Waals surface area contributed by atoms with Crippen LogP contribution in [0.2, 0.25) is 5.02 Å². The van der Waals surface area contributed by atoms with Gasteiger partial charge in [-0.05, 0) is 30.2 Å². The van der Waals surface area contributed by atoms with Crippen molar-refractivity contribution in [1.29, 1.82) is 0 Å². The molecule has 0 unspecified atom stereocenters. The van der Waals surface area contributed by atoms with E-state index in [1.165, 1.54) is 0 Å². The molecule has 2 heteroatoms. The molecule has 0 aliphatic carbocycles. The van der Waals surface area contributed by atoms with Crippen LogP contribution in [0.5, 0.6) is 0 Å². The zero-order valence-corrected chi connectivity index (χ0v) is 9.85. The smallest absolute Gasteiger partial charge is 0.120 e. The van der Waals surface area contributed by atoms with E-state index >= 15 is 0 Å². The van der Waals surface area contributed by atoms with Crippen molar-refractivity contribution in [2.24, 2.45) is 4.99 Å². The Morgan fingerprint density at radius 1 is 1.00 bits per heavy atom. The molecule has 0 fully saturated rings. The molecule has 17 heavy (non-hydrogen) atoms. The first-order valence-electron chi connectivity index (χ1n) is 5.16. The molecular formula is C15H10ClN. The number of terminal acetylenes is 1. The Hall–Kier alpha value is -2.04. The maximum Gasteiger partial charge on any atom is 0.120 e. The second kappa shape index (κ2) is 5.34. The summed E-state index contributed by atoms with van der Waals surface area (Å²) in [6.07, 6.45) is 5.48. The lowest BCUT2D eigenvalue weighted by Crippen LogP contribution is -1.95. The number of halogens is 1. The first-order chi connectivity index (χ1) is 8.29. The van der Waals surface area contributed by atoms with Crippen LogP contribution in [0.15, 0.2) is 59.6 Å². The van der Waals surface area contributed by atoms with Gasteiger partial charge in [-0.2, -0.15) is 0 Å². The third kappa shape index (κ3) is 2.96. The lowest BCUT2D eigenvalue weighted by molar-refractivity contribution is 1.51. The molecule has 0 aliphatic rings. The van der Waals surface area contributed by atoms with E-state index in [1.54, 1.807) is 12.1 Å². The molecule has 2 aromatic rings. The van der Waals surface area contributed by atoms with E-state index in [1.807, 2.05) is 42.5 Å². The molecule has 0 aromatic heterocycles. The Kier molecular flexibility index (Phi) is 3.59. The Morgan fingerprint density at radius 2 is 1.65 bits per heavy atom. The third-order valence-electron chi connectivity index (χ3n) is 2.25. The first kappa shape index (κ1) is 11.4. The minimum absolute atomic E-state index is 0.605. The fourth-order valence-corrected chi connectivity index (χ4v) is 1.55. The van der Waals surface area contributed by atoms with Gasteiger partial charge in [-0.3, -0.25) is 0 Å². The van der Waals surface area contributed by atoms with Crippen LogP contribution >= 0.6 is 11.6 Å². The van der Waals surface area contributed by atoms with Crippen LogP contribution in [0.3, 0.4) is 0 Å². The number of nitrogens with zero attached hydrogens (tertiary/aromatic N) is 1. The molecule has 0 spiro atoms. The third-order valence-corrected chi connectivity index (χ3v) is 2.50. The first-order valence-corrected chi connectivity index (χ1v) is 5.53. The SMILES string of the molecule is C#CC(=Nc1ccccc1)c1ccc(Cl)cc1. The van der Waals surface area contributed by atoms with Crippen LogP contribution in [0, 0.1) is 12.3 Å². The topological polar surface area (TPSA) is 12.4 Å². The van der Waals surface area contributed by atoms with E-state index in [0.29, 0.717) is 10.7 Å². The number of hydrogen-bond donors (Lipinski definition) is 0. The maximum atomic E-state index is 5.83. The van der Waals surface area contributed by atoms with Gasteiger partial charge in [0.25, 0.3) is 0 Å². The van der Waals surface area contributed by atoms with E-state index in [2.05, 4.69) is 10.9 Å². The Morgan fingerprint density at radius 3 is 2.24 bits per heavy atom. The van der Waals surface area contributed by atoms with Crippen LogP contribution in [0.1, 0.15) is 5.56 Å². The quantitative estimate of drug-likeness (QED) is 0.553. The summed E-state index contributed by atoms with van der Waals surface area (Å²) in [6, 6.07) is 16.9. The number of rotatable bonds is 2. The predicted octanol–water partition coefficient (Wildman–Crippen LogP) is 4.09. The highest BCUT2D eigenvalue weighted by Crippen LogP contribution is 2.15. The van der Waals surface area contributed by atoms with Gasteiger partial charge in [0.2, 0.25) is 0 Å². The number of aliphatic imine (C=N–C) groups is 1. The highest BCUT2D eigenvalue weighted by atomic mass is 35.5. The van der Waals surface area contributed by atoms with Gasteiger partial charge in [0, 0.05) is 10.6 Å². The summed E-state index contributed by atoms with van der Waals surface area (Å²) < 4.78 is 0. The maximum absolute atomic E-state index is 5.83. The van der Waals surface area contributed by atoms with Crippen LogP contribution in [0.4, 0.5) is 5.69 Å². The summed E-state index contributed by atoms with van der Waals surface area (Å²) in [7, 11) is 0. The van der Waals surface area contributed by atoms with Crippen molar-refractivity contribution in [3.63, 3.8) is 0 Å². The molecule has 2 aromatic carbocycles. The molecule has 0 radical (unpaired) electrons. The normalized spacial score (nSPS) is 10.9. The van der Waals surface area contributed by atoms with Crippen molar-refractivity contribution in [3.8, 4) is 12.3 Å². The predicted molar refractivity (Wildman–Crippen MR) is 72.9 cm³/mol. The number of benzene rings is 2. The lowest BCUT2D eigenvalue weighted by atomic mass is 10.1. The van der Waals surface area contributed by atoms with Crippen LogP contribution in [-0.4, -0.2) is 5.71 Å². The van der Waals surface area contributed by atoms with Gasteiger partial charge in [-0.25, -0.2) is 4.99 Å². The van der Waals surface area contributed by atoms with Gasteiger partial charge in [0.05, 0.1) is 5.69 Å². The molecule has 2 rings (SSSR count). The molecule has 0 saturated carbocycles. The summed E-state index contributed by atoms with van der Waals surface area (Å²) in [5.74, 6) is 2.59. The molecule has 1 nitrogen and oxygen atoms in total. The van der Waals surface area contributed by atoms with E-state index in [0.717, 1.165) is 11.3 Å². The largest absolute Gasteiger partial charge is 0.239 e. The highest BCUT2D eigenvalue weighted by Gasteiger charge is 2.00. The number of para-hydroxylation sites is 1. The highest BCUT2D eigenvalue weighted by molar-refractivity contribution is 6.30. The minimum Gasteiger partial charge on any atom is -0.239 e. The van der Waals surface area contributed by atoms with Gasteiger partial charge < -0.3 is 0 Å². The second-order valence-electron chi connectivity index (χ2n) is 3.45. The van der Waals surface area contributed by atoms with Gasteiger partial charge in [0.15, 0.2) is 0 Å². The zero-order valence-electron chi connectivity index (χ0n) is 9.10. The fraction of sp³-hybridized carbons (Fsp3) is 0. The summed E-state index contributed by atoms with van der Waals surface area (Å²) in [6.45, 7) is 0. The van der Waals surface area contributed by atoms with Crippen molar-refractivity contribution in [3.05, 3.63) is 65.2 Å². The standard InChI is InChI=1S/C15H10ClN/c1-2-15(12-8-10-13(16)11-9-12)17-14-6-4-3-5-7-14/h1,3-11H. The van der Waals surface area contributed by atoms with Gasteiger partial charge in [-0.15, -0.1) is 6.42 Å². The zero-order chi connectivity index (χ0) is 12.1. The molecular weight excluding hydrogens is 230 g/mol. The summed E-state index contributed by atoms with van der Waals surface area (Å²) in [4.78, 5) is 4.41. The minimum atomic E-state index is 0.605. The fourth-order valence-electron chi connectivity index (χ4n) is 1.42. The van der Waals surface area contributed by atoms with Crippen molar-refractivity contribution >= 4 is 23.0 Å². The number of hydrogen-bond acceptors (Lipinski definition) is 1. The van der Waals surface area contributed by atoms with Gasteiger partial charge in [-0.1, -0.05) is 41.9 Å². The lowest BCUT2D eigenvalue weighted by Gasteiger charge is -2.00. The molecule has 0 amide bonds. The Bertz CT molecular complexity index is 562. The molecule has 0 atom stereocenters. The molecule has 0 N–H and O–H groups in total. The van der Waals surface area contributed by atoms with Crippen LogP contribution < -0.4 is 0 Å². The van der Waals surface area contributed by atoms with Gasteiger partial charge >= 0.3 is 0 Å². The van der Waals surface area contributed by atoms with Gasteiger partial charge in [0.1, 0.15) is 5.71 Å².